The number of pyridine rings is 1. The number of ether oxygens (including phenoxy) is 3. The van der Waals surface area contributed by atoms with Gasteiger partial charge in [0.25, 0.3) is 0 Å². The number of hydrogen-bond acceptors (Lipinski definition) is 7. The highest BCUT2D eigenvalue weighted by atomic mass is 35.5. The molecule has 0 bridgehead atoms. The zero-order valence-corrected chi connectivity index (χ0v) is 33.7. The smallest absolute Gasteiger partial charge is 0.246 e. The maximum atomic E-state index is 13.1. The molecule has 0 spiro atoms. The summed E-state index contributed by atoms with van der Waals surface area (Å²) in [5.74, 6) is 2.91. The second-order valence-corrected chi connectivity index (χ2v) is 14.5. The Morgan fingerprint density at radius 2 is 1.55 bits per heavy atom. The summed E-state index contributed by atoms with van der Waals surface area (Å²) in [4.78, 5) is 21.7. The van der Waals surface area contributed by atoms with Gasteiger partial charge in [0.1, 0.15) is 18.1 Å². The van der Waals surface area contributed by atoms with Crippen LogP contribution in [-0.4, -0.2) is 53.5 Å². The van der Waals surface area contributed by atoms with Crippen LogP contribution in [0.25, 0.3) is 6.08 Å². The lowest BCUT2D eigenvalue weighted by Gasteiger charge is -2.34. The molecule has 1 aromatic heterocycles. The molecule has 0 unspecified atom stereocenters. The highest BCUT2D eigenvalue weighted by Gasteiger charge is 2.20. The van der Waals surface area contributed by atoms with E-state index in [0.29, 0.717) is 60.2 Å². The summed E-state index contributed by atoms with van der Waals surface area (Å²) in [6.07, 6.45) is 6.96. The lowest BCUT2D eigenvalue weighted by atomic mass is 10.0. The molecule has 56 heavy (non-hydrogen) atoms. The monoisotopic (exact) mass is 790 g/mol. The summed E-state index contributed by atoms with van der Waals surface area (Å²) >= 11 is 6.63. The summed E-state index contributed by atoms with van der Waals surface area (Å²) in [5, 5.41) is 9.39. The fourth-order valence-electron chi connectivity index (χ4n) is 6.33. The summed E-state index contributed by atoms with van der Waals surface area (Å²) in [7, 11) is 0. The Bertz CT molecular complexity index is 2070. The van der Waals surface area contributed by atoms with Crippen LogP contribution in [0.2, 0.25) is 5.02 Å². The standard InChI is InChI=1S/C46H47ClN4O4.ClH/c1-33(2)40-15-17-41(18-16-40)53-26-4-5-35-6-10-37(11-7-35)31-50-22-24-51(25-23-50)45(52)21-14-39-27-34(3)46(43(47)28-39)55-44-20-19-42(30-49-44)54-32-38-12-8-36(29-48)9-13-38;/h6-21,27-28,30,33H,4-5,22-26,31-32H2,1-3H3;1H. The van der Waals surface area contributed by atoms with E-state index in [9.17, 15) is 4.79 Å². The minimum atomic E-state index is -0.0136. The molecule has 6 rings (SSSR count). The molecule has 1 amide bonds. The third-order valence-electron chi connectivity index (χ3n) is 9.61. The zero-order chi connectivity index (χ0) is 38.6. The molecule has 2 heterocycles. The Labute approximate surface area is 341 Å². The lowest BCUT2D eigenvalue weighted by Crippen LogP contribution is -2.47. The number of carbonyl (C=O) groups is 1. The summed E-state index contributed by atoms with van der Waals surface area (Å²) < 4.78 is 17.8. The molecule has 0 atom stereocenters. The van der Waals surface area contributed by atoms with Crippen molar-refractivity contribution >= 4 is 36.0 Å². The van der Waals surface area contributed by atoms with Crippen molar-refractivity contribution in [1.29, 1.82) is 5.26 Å². The van der Waals surface area contributed by atoms with Crippen molar-refractivity contribution in [3.63, 3.8) is 0 Å². The Hall–Kier alpha value is -5.33. The van der Waals surface area contributed by atoms with Gasteiger partial charge in [-0.3, -0.25) is 9.69 Å². The molecule has 1 fully saturated rings. The van der Waals surface area contributed by atoms with Crippen LogP contribution in [0.15, 0.2) is 109 Å². The van der Waals surface area contributed by atoms with Crippen LogP contribution in [-0.2, 0) is 24.4 Å². The number of carbonyl (C=O) groups excluding carboxylic acids is 1. The first kappa shape index (κ1) is 41.8. The Kier molecular flexibility index (Phi) is 15.3. The molecular formula is C46H48Cl2N4O4. The van der Waals surface area contributed by atoms with Crippen molar-refractivity contribution in [3.8, 4) is 29.2 Å². The molecule has 1 aliphatic heterocycles. The Morgan fingerprint density at radius 1 is 0.875 bits per heavy atom. The lowest BCUT2D eigenvalue weighted by molar-refractivity contribution is -0.127. The fraction of sp³-hybridized carbons (Fsp3) is 0.283. The minimum absolute atomic E-state index is 0. The number of hydrogen-bond donors (Lipinski definition) is 0. The van der Waals surface area contributed by atoms with Gasteiger partial charge in [-0.15, -0.1) is 12.4 Å². The van der Waals surface area contributed by atoms with Crippen molar-refractivity contribution in [2.75, 3.05) is 32.8 Å². The number of nitriles is 1. The van der Waals surface area contributed by atoms with Crippen LogP contribution in [0.5, 0.6) is 23.1 Å². The Morgan fingerprint density at radius 3 is 2.20 bits per heavy atom. The van der Waals surface area contributed by atoms with Gasteiger partial charge in [-0.1, -0.05) is 74.0 Å². The van der Waals surface area contributed by atoms with E-state index in [-0.39, 0.29) is 18.3 Å². The molecule has 0 saturated carbocycles. The van der Waals surface area contributed by atoms with Crippen molar-refractivity contribution in [1.82, 2.24) is 14.8 Å². The highest BCUT2D eigenvalue weighted by molar-refractivity contribution is 6.32. The van der Waals surface area contributed by atoms with Gasteiger partial charge in [0.2, 0.25) is 11.8 Å². The molecule has 0 radical (unpaired) electrons. The maximum absolute atomic E-state index is 13.1. The molecule has 0 N–H and O–H groups in total. The van der Waals surface area contributed by atoms with Crippen LogP contribution in [0.4, 0.5) is 0 Å². The second-order valence-electron chi connectivity index (χ2n) is 14.1. The van der Waals surface area contributed by atoms with Crippen molar-refractivity contribution in [2.45, 2.75) is 52.7 Å². The van der Waals surface area contributed by atoms with Crippen LogP contribution in [0.3, 0.4) is 0 Å². The van der Waals surface area contributed by atoms with E-state index in [1.807, 2.05) is 30.0 Å². The minimum Gasteiger partial charge on any atom is -0.494 e. The third-order valence-corrected chi connectivity index (χ3v) is 9.89. The van der Waals surface area contributed by atoms with Gasteiger partial charge in [-0.25, -0.2) is 4.98 Å². The van der Waals surface area contributed by atoms with Crippen LogP contribution in [0.1, 0.15) is 65.1 Å². The number of piperazine rings is 1. The average Bonchev–Trinajstić information content (AvgIpc) is 3.21. The van der Waals surface area contributed by atoms with Crippen LogP contribution < -0.4 is 14.2 Å². The van der Waals surface area contributed by atoms with Gasteiger partial charge >= 0.3 is 0 Å². The number of nitrogens with zero attached hydrogens (tertiary/aromatic N) is 4. The molecule has 290 valence electrons. The Balaban J connectivity index is 0.00000600. The van der Waals surface area contributed by atoms with Crippen LogP contribution >= 0.6 is 24.0 Å². The van der Waals surface area contributed by atoms with E-state index in [4.69, 9.17) is 31.1 Å². The van der Waals surface area contributed by atoms with Gasteiger partial charge in [-0.05, 0) is 108 Å². The summed E-state index contributed by atoms with van der Waals surface area (Å²) in [6.45, 7) is 11.2. The number of benzene rings is 4. The predicted octanol–water partition coefficient (Wildman–Crippen LogP) is 10.2. The molecule has 5 aromatic rings. The number of rotatable bonds is 15. The van der Waals surface area contributed by atoms with E-state index in [0.717, 1.165) is 54.9 Å². The number of aryl methyl sites for hydroxylation is 2. The van der Waals surface area contributed by atoms with Crippen molar-refractivity contribution in [2.24, 2.45) is 0 Å². The van der Waals surface area contributed by atoms with Gasteiger partial charge in [-0.2, -0.15) is 5.26 Å². The predicted molar refractivity (Wildman–Crippen MR) is 225 cm³/mol. The van der Waals surface area contributed by atoms with Gasteiger partial charge in [0, 0.05) is 44.9 Å². The van der Waals surface area contributed by atoms with Crippen LogP contribution in [0, 0.1) is 18.3 Å². The maximum Gasteiger partial charge on any atom is 0.246 e. The first-order valence-corrected chi connectivity index (χ1v) is 19.2. The topological polar surface area (TPSA) is 87.9 Å². The normalized spacial score (nSPS) is 13.0. The van der Waals surface area contributed by atoms with Crippen molar-refractivity contribution in [3.05, 3.63) is 153 Å². The molecule has 4 aromatic carbocycles. The zero-order valence-electron chi connectivity index (χ0n) is 32.1. The second kappa shape index (κ2) is 20.5. The van der Waals surface area contributed by atoms with Gasteiger partial charge in [0.05, 0.1) is 29.5 Å². The quantitative estimate of drug-likeness (QED) is 0.0771. The highest BCUT2D eigenvalue weighted by Crippen LogP contribution is 2.34. The van der Waals surface area contributed by atoms with E-state index >= 15 is 0 Å². The number of halogens is 2. The van der Waals surface area contributed by atoms with Gasteiger partial charge < -0.3 is 19.1 Å². The van der Waals surface area contributed by atoms with Crippen molar-refractivity contribution < 1.29 is 19.0 Å². The van der Waals surface area contributed by atoms with E-state index < -0.39 is 0 Å². The average molecular weight is 792 g/mol. The molecule has 1 aliphatic rings. The number of amides is 1. The molecular weight excluding hydrogens is 743 g/mol. The van der Waals surface area contributed by atoms with E-state index in [2.05, 4.69) is 78.3 Å². The molecule has 0 aliphatic carbocycles. The molecule has 1 saturated heterocycles. The molecule has 10 heteroatoms. The number of aromatic nitrogens is 1. The fourth-order valence-corrected chi connectivity index (χ4v) is 6.64. The summed E-state index contributed by atoms with van der Waals surface area (Å²) in [5.41, 5.74) is 7.11. The van der Waals surface area contributed by atoms with E-state index in [1.54, 1.807) is 48.7 Å². The first-order chi connectivity index (χ1) is 26.7. The van der Waals surface area contributed by atoms with E-state index in [1.165, 1.54) is 16.7 Å². The molecule has 8 nitrogen and oxygen atoms in total. The van der Waals surface area contributed by atoms with Gasteiger partial charge in [0.15, 0.2) is 5.75 Å². The third kappa shape index (κ3) is 12.1. The first-order valence-electron chi connectivity index (χ1n) is 18.8. The SMILES string of the molecule is Cc1cc(C=CC(=O)N2CCN(Cc3ccc(CCCOc4ccc(C(C)C)cc4)cc3)CC2)cc(Cl)c1Oc1ccc(OCc2ccc(C#N)cc2)cn1.Cl. The summed E-state index contributed by atoms with van der Waals surface area (Å²) in [6, 6.07) is 33.8. The largest absolute Gasteiger partial charge is 0.494 e.